The Labute approximate surface area is 155 Å². The molecule has 3 saturated heterocycles. The van der Waals surface area contributed by atoms with Crippen molar-refractivity contribution in [3.8, 4) is 0 Å². The number of carboxylic acids is 1. The van der Waals surface area contributed by atoms with Gasteiger partial charge >= 0.3 is 5.97 Å². The predicted octanol–water partition coefficient (Wildman–Crippen LogP) is -6.08. The summed E-state index contributed by atoms with van der Waals surface area (Å²) in [5, 5.41) is 32.2. The smallest absolute Gasteiger partial charge is 0.317 e. The third-order valence-corrected chi connectivity index (χ3v) is 5.06. The third-order valence-electron chi connectivity index (χ3n) is 5.06. The Morgan fingerprint density at radius 2 is 1.42 bits per heavy atom. The number of carboxylic acid groups (broad SMARTS) is 1. The van der Waals surface area contributed by atoms with E-state index in [1.54, 1.807) is 0 Å². The molecule has 3 aliphatic heterocycles. The first-order valence-electron chi connectivity index (χ1n) is 9.71. The first kappa shape index (κ1) is 21.5. The number of carbonyl (C=O) groups is 1. The number of quaternary nitrogens is 2. The van der Waals surface area contributed by atoms with Gasteiger partial charge in [-0.3, -0.25) is 10.1 Å². The number of nitrogens with one attached hydrogen (secondary N) is 6. The molecule has 0 radical (unpaired) electrons. The van der Waals surface area contributed by atoms with E-state index in [2.05, 4.69) is 43.0 Å². The van der Waals surface area contributed by atoms with Crippen LogP contribution in [-0.4, -0.2) is 107 Å². The second kappa shape index (κ2) is 11.1. The Balaban J connectivity index is 2.10. The maximum Gasteiger partial charge on any atom is 0.317 e. The summed E-state index contributed by atoms with van der Waals surface area (Å²) in [4.78, 5) is 11.1. The summed E-state index contributed by atoms with van der Waals surface area (Å²) in [5.74, 6) is -0.832. The van der Waals surface area contributed by atoms with Crippen LogP contribution in [-0.2, 0) is 4.79 Å². The summed E-state index contributed by atoms with van der Waals surface area (Å²) in [6.45, 7) is 10.1. The molecule has 0 aliphatic carbocycles. The molecule has 0 saturated carbocycles. The van der Waals surface area contributed by atoms with Gasteiger partial charge in [0.25, 0.3) is 0 Å². The number of rotatable bonds is 3. The van der Waals surface area contributed by atoms with Gasteiger partial charge in [0, 0.05) is 52.4 Å². The predicted molar refractivity (Wildman–Crippen MR) is 100.0 cm³/mol. The summed E-state index contributed by atoms with van der Waals surface area (Å²) < 4.78 is 0. The topological polar surface area (TPSA) is 154 Å². The van der Waals surface area contributed by atoms with Gasteiger partial charge in [-0.15, -0.1) is 0 Å². The van der Waals surface area contributed by atoms with Gasteiger partial charge in [-0.1, -0.05) is 0 Å². The molecule has 10 heteroatoms. The Morgan fingerprint density at radius 1 is 0.923 bits per heavy atom. The molecule has 26 heavy (non-hydrogen) atoms. The summed E-state index contributed by atoms with van der Waals surface area (Å²) in [6, 6.07) is 0. The molecule has 3 heterocycles. The highest BCUT2D eigenvalue weighted by molar-refractivity contribution is 5.69. The van der Waals surface area contributed by atoms with Crippen LogP contribution in [0.2, 0.25) is 0 Å². The van der Waals surface area contributed by atoms with E-state index >= 15 is 0 Å². The lowest BCUT2D eigenvalue weighted by atomic mass is 9.98. The standard InChI is InChI=1S/C16H36N8O2/c17-15-8-18-1-4-21-11-16(24-7-14(25)26,12-22-5-2-19-9-15)13-23-6-3-20-10-15/h18-24H,1-13,17H2,(H,25,26)/p+2. The van der Waals surface area contributed by atoms with E-state index < -0.39 is 5.97 Å². The zero-order valence-corrected chi connectivity index (χ0v) is 15.8. The van der Waals surface area contributed by atoms with Crippen molar-refractivity contribution in [3.63, 3.8) is 0 Å². The van der Waals surface area contributed by atoms with Crippen molar-refractivity contribution >= 4 is 5.97 Å². The van der Waals surface area contributed by atoms with Gasteiger partial charge in [0.2, 0.25) is 0 Å². The average molecular weight is 375 g/mol. The van der Waals surface area contributed by atoms with Crippen LogP contribution in [0.4, 0.5) is 0 Å². The highest BCUT2D eigenvalue weighted by Gasteiger charge is 2.33. The molecule has 3 fully saturated rings. The molecule has 10 nitrogen and oxygen atoms in total. The number of hydrogen-bond acceptors (Lipinski definition) is 7. The summed E-state index contributed by atoms with van der Waals surface area (Å²) in [5.41, 5.74) is 4.10. The normalized spacial score (nSPS) is 33.3. The van der Waals surface area contributed by atoms with Gasteiger partial charge in [0.1, 0.15) is 6.54 Å². The Morgan fingerprint density at radius 3 is 1.96 bits per heavy atom. The minimum atomic E-state index is -0.832. The van der Waals surface area contributed by atoms with Crippen molar-refractivity contribution in [2.75, 3.05) is 85.1 Å². The van der Waals surface area contributed by atoms with Crippen LogP contribution in [0.15, 0.2) is 0 Å². The maximum atomic E-state index is 11.1. The fourth-order valence-electron chi connectivity index (χ4n) is 3.50. The van der Waals surface area contributed by atoms with Crippen LogP contribution in [0.3, 0.4) is 0 Å². The summed E-state index contributed by atoms with van der Waals surface area (Å²) in [6.07, 6.45) is 0. The molecule has 0 unspecified atom stereocenters. The third kappa shape index (κ3) is 7.80. The van der Waals surface area contributed by atoms with Crippen molar-refractivity contribution in [2.45, 2.75) is 11.1 Å². The van der Waals surface area contributed by atoms with Crippen molar-refractivity contribution in [2.24, 2.45) is 0 Å². The molecular weight excluding hydrogens is 336 g/mol. The zero-order chi connectivity index (χ0) is 18.7. The van der Waals surface area contributed by atoms with Crippen molar-refractivity contribution in [1.82, 2.24) is 31.9 Å². The first-order valence-corrected chi connectivity index (χ1v) is 9.71. The average Bonchev–Trinajstić information content (AvgIpc) is 2.61. The maximum absolute atomic E-state index is 11.1. The van der Waals surface area contributed by atoms with Gasteiger partial charge in [-0.05, 0) is 0 Å². The molecule has 0 aromatic carbocycles. The van der Waals surface area contributed by atoms with Gasteiger partial charge in [-0.25, -0.2) is 0 Å². The van der Waals surface area contributed by atoms with E-state index in [4.69, 9.17) is 5.11 Å². The quantitative estimate of drug-likeness (QED) is 0.237. The van der Waals surface area contributed by atoms with Crippen LogP contribution < -0.4 is 43.0 Å². The monoisotopic (exact) mass is 374 g/mol. The molecule has 0 atom stereocenters. The number of nitrogens with two attached hydrogens (primary N) is 1. The zero-order valence-electron chi connectivity index (χ0n) is 15.8. The highest BCUT2D eigenvalue weighted by Crippen LogP contribution is 2.02. The second-order valence-corrected chi connectivity index (χ2v) is 7.69. The van der Waals surface area contributed by atoms with Crippen LogP contribution in [0.1, 0.15) is 0 Å². The molecule has 2 bridgehead atoms. The Kier molecular flexibility index (Phi) is 9.16. The highest BCUT2D eigenvalue weighted by atomic mass is 16.4. The van der Waals surface area contributed by atoms with Crippen LogP contribution in [0.5, 0.6) is 0 Å². The van der Waals surface area contributed by atoms with Crippen LogP contribution in [0, 0.1) is 0 Å². The second-order valence-electron chi connectivity index (χ2n) is 7.69. The van der Waals surface area contributed by atoms with Crippen molar-refractivity contribution < 1.29 is 21.0 Å². The fraction of sp³-hybridized carbons (Fsp3) is 0.938. The van der Waals surface area contributed by atoms with Crippen LogP contribution >= 0.6 is 0 Å². The van der Waals surface area contributed by atoms with Crippen molar-refractivity contribution in [1.29, 1.82) is 0 Å². The lowest BCUT2D eigenvalue weighted by Gasteiger charge is -2.36. The number of aliphatic carboxylic acids is 1. The molecule has 0 aromatic heterocycles. The Hall–Kier alpha value is -0.850. The van der Waals surface area contributed by atoms with Gasteiger partial charge in [0.15, 0.2) is 5.54 Å². The molecule has 12 N–H and O–H groups in total. The van der Waals surface area contributed by atoms with E-state index in [0.29, 0.717) is 19.6 Å². The van der Waals surface area contributed by atoms with Crippen LogP contribution in [0.25, 0.3) is 0 Å². The fourth-order valence-corrected chi connectivity index (χ4v) is 3.50. The van der Waals surface area contributed by atoms with E-state index in [9.17, 15) is 4.79 Å². The minimum absolute atomic E-state index is 0.0268. The number of hydrogen-bond donors (Lipinski definition) is 9. The SMILES string of the molecule is [NH3+]C12CNCCNCC(NCC(=O)O)(CNCCNC1)CNCC[NH2+]C2. The van der Waals surface area contributed by atoms with Crippen molar-refractivity contribution in [3.05, 3.63) is 0 Å². The first-order chi connectivity index (χ1) is 12.5. The Bertz CT molecular complexity index is 380. The molecule has 3 rings (SSSR count). The van der Waals surface area contributed by atoms with Gasteiger partial charge < -0.3 is 42.7 Å². The van der Waals surface area contributed by atoms with E-state index in [1.807, 2.05) is 0 Å². The lowest BCUT2D eigenvalue weighted by molar-refractivity contribution is -0.692. The molecule has 3 aliphatic rings. The molecule has 0 amide bonds. The van der Waals surface area contributed by atoms with Gasteiger partial charge in [-0.2, -0.15) is 0 Å². The minimum Gasteiger partial charge on any atom is -0.480 e. The number of fused-ring (bicyclic) bond motifs is 15. The molecule has 152 valence electrons. The molecule has 0 spiro atoms. The van der Waals surface area contributed by atoms with E-state index in [0.717, 1.165) is 58.9 Å². The van der Waals surface area contributed by atoms with Gasteiger partial charge in [0.05, 0.1) is 31.7 Å². The summed E-state index contributed by atoms with van der Waals surface area (Å²) >= 11 is 0. The summed E-state index contributed by atoms with van der Waals surface area (Å²) in [7, 11) is 0. The largest absolute Gasteiger partial charge is 0.480 e. The van der Waals surface area contributed by atoms with E-state index in [1.165, 1.54) is 0 Å². The molecule has 0 aromatic rings. The van der Waals surface area contributed by atoms with E-state index in [-0.39, 0.29) is 17.6 Å². The molecular formula is C16H38N8O2+2. The lowest BCUT2D eigenvalue weighted by Crippen LogP contribution is -2.98.